The predicted octanol–water partition coefficient (Wildman–Crippen LogP) is 2.70. The summed E-state index contributed by atoms with van der Waals surface area (Å²) in [5.41, 5.74) is 5.33. The zero-order chi connectivity index (χ0) is 19.8. The van der Waals surface area contributed by atoms with Gasteiger partial charge in [-0.25, -0.2) is 9.50 Å². The molecule has 4 aromatic heterocycles. The van der Waals surface area contributed by atoms with Gasteiger partial charge >= 0.3 is 0 Å². The lowest BCUT2D eigenvalue weighted by Crippen LogP contribution is -2.13. The number of aryl methyl sites for hydroxylation is 2. The first kappa shape index (κ1) is 17.9. The summed E-state index contributed by atoms with van der Waals surface area (Å²) >= 11 is 0. The smallest absolute Gasteiger partial charge is 0.276 e. The van der Waals surface area contributed by atoms with Gasteiger partial charge in [0.1, 0.15) is 0 Å². The van der Waals surface area contributed by atoms with Gasteiger partial charge in [-0.15, -0.1) is 0 Å². The van der Waals surface area contributed by atoms with Crippen molar-refractivity contribution in [2.24, 2.45) is 0 Å². The minimum Gasteiger partial charge on any atom is -0.318 e. The summed E-state index contributed by atoms with van der Waals surface area (Å²) in [4.78, 5) is 17.1. The van der Waals surface area contributed by atoms with E-state index in [2.05, 4.69) is 25.6 Å². The molecule has 0 aliphatic rings. The van der Waals surface area contributed by atoms with Crippen LogP contribution in [0.15, 0.2) is 30.7 Å². The van der Waals surface area contributed by atoms with Gasteiger partial charge < -0.3 is 5.32 Å². The van der Waals surface area contributed by atoms with Crippen LogP contribution >= 0.6 is 0 Å². The Bertz CT molecular complexity index is 1170. The zero-order valence-corrected chi connectivity index (χ0v) is 16.3. The number of rotatable bonds is 5. The molecule has 0 bridgehead atoms. The van der Waals surface area contributed by atoms with Gasteiger partial charge in [0.25, 0.3) is 5.91 Å². The number of nitrogens with zero attached hydrogens (tertiary/aromatic N) is 7. The molecule has 1 N–H and O–H groups in total. The van der Waals surface area contributed by atoms with Gasteiger partial charge in [-0.05, 0) is 33.8 Å². The van der Waals surface area contributed by atoms with E-state index in [1.54, 1.807) is 23.0 Å². The summed E-state index contributed by atoms with van der Waals surface area (Å²) in [6.45, 7) is 9.52. The highest BCUT2D eigenvalue weighted by atomic mass is 16.2. The number of aromatic nitrogens is 7. The Morgan fingerprint density at radius 1 is 1.07 bits per heavy atom. The number of anilines is 1. The third-order valence-corrected chi connectivity index (χ3v) is 4.92. The number of hydrogen-bond donors (Lipinski definition) is 1. The maximum Gasteiger partial charge on any atom is 0.276 e. The summed E-state index contributed by atoms with van der Waals surface area (Å²) < 4.78 is 5.43. The van der Waals surface area contributed by atoms with Crippen LogP contribution < -0.4 is 5.32 Å². The van der Waals surface area contributed by atoms with Crippen molar-refractivity contribution in [3.8, 4) is 11.3 Å². The van der Waals surface area contributed by atoms with E-state index in [-0.39, 0.29) is 5.91 Å². The SMILES string of the molecule is CCn1ncc(NC(=O)c2cc3nccc(-c4cnn(CC)c4C)n3n2)c1C. The summed E-state index contributed by atoms with van der Waals surface area (Å²) in [6, 6.07) is 3.55. The molecule has 0 aliphatic carbocycles. The predicted molar refractivity (Wildman–Crippen MR) is 105 cm³/mol. The molecule has 0 unspecified atom stereocenters. The quantitative estimate of drug-likeness (QED) is 0.576. The molecule has 4 aromatic rings. The molecule has 0 aliphatic heterocycles. The second-order valence-electron chi connectivity index (χ2n) is 6.50. The Labute approximate surface area is 162 Å². The molecule has 4 rings (SSSR count). The second kappa shape index (κ2) is 6.91. The second-order valence-corrected chi connectivity index (χ2v) is 6.50. The number of carbonyl (C=O) groups excluding carboxylic acids is 1. The van der Waals surface area contributed by atoms with E-state index in [4.69, 9.17) is 0 Å². The van der Waals surface area contributed by atoms with Crippen LogP contribution in [0.25, 0.3) is 16.9 Å². The van der Waals surface area contributed by atoms with Crippen molar-refractivity contribution in [2.45, 2.75) is 40.8 Å². The van der Waals surface area contributed by atoms with Crippen molar-refractivity contribution in [2.75, 3.05) is 5.32 Å². The Balaban J connectivity index is 1.70. The van der Waals surface area contributed by atoms with E-state index < -0.39 is 0 Å². The lowest BCUT2D eigenvalue weighted by molar-refractivity contribution is 0.102. The number of hydrogen-bond acceptors (Lipinski definition) is 5. The van der Waals surface area contributed by atoms with Crippen molar-refractivity contribution in [1.29, 1.82) is 0 Å². The number of fused-ring (bicyclic) bond motifs is 1. The highest BCUT2D eigenvalue weighted by Crippen LogP contribution is 2.24. The molecular weight excluding hydrogens is 356 g/mol. The van der Waals surface area contributed by atoms with E-state index in [1.807, 2.05) is 49.3 Å². The molecule has 28 heavy (non-hydrogen) atoms. The van der Waals surface area contributed by atoms with Crippen LogP contribution in [0, 0.1) is 13.8 Å². The molecule has 0 atom stereocenters. The molecule has 9 heteroatoms. The van der Waals surface area contributed by atoms with Gasteiger partial charge in [0.2, 0.25) is 0 Å². The summed E-state index contributed by atoms with van der Waals surface area (Å²) in [5.74, 6) is -0.295. The molecule has 0 saturated heterocycles. The molecular formula is C19H22N8O. The maximum absolute atomic E-state index is 12.7. The van der Waals surface area contributed by atoms with Crippen molar-refractivity contribution in [1.82, 2.24) is 34.2 Å². The van der Waals surface area contributed by atoms with E-state index in [0.29, 0.717) is 17.0 Å². The fraction of sp³-hybridized carbons (Fsp3) is 0.316. The summed E-state index contributed by atoms with van der Waals surface area (Å²) in [6.07, 6.45) is 5.18. The topological polar surface area (TPSA) is 94.9 Å². The Morgan fingerprint density at radius 2 is 1.79 bits per heavy atom. The van der Waals surface area contributed by atoms with Gasteiger partial charge in [0.05, 0.1) is 29.5 Å². The molecule has 9 nitrogen and oxygen atoms in total. The molecule has 1 amide bonds. The normalized spacial score (nSPS) is 11.3. The van der Waals surface area contributed by atoms with E-state index in [0.717, 1.165) is 35.7 Å². The van der Waals surface area contributed by atoms with Gasteiger partial charge in [-0.1, -0.05) is 0 Å². The summed E-state index contributed by atoms with van der Waals surface area (Å²) in [7, 11) is 0. The molecule has 0 saturated carbocycles. The Hall–Kier alpha value is -3.49. The fourth-order valence-corrected chi connectivity index (χ4v) is 3.30. The van der Waals surface area contributed by atoms with Crippen LogP contribution in [-0.2, 0) is 13.1 Å². The van der Waals surface area contributed by atoms with Crippen LogP contribution in [0.3, 0.4) is 0 Å². The molecule has 0 spiro atoms. The average Bonchev–Trinajstić information content (AvgIpc) is 3.38. The minimum atomic E-state index is -0.295. The third kappa shape index (κ3) is 2.84. The van der Waals surface area contributed by atoms with Crippen LogP contribution in [0.5, 0.6) is 0 Å². The lowest BCUT2D eigenvalue weighted by atomic mass is 10.2. The highest BCUT2D eigenvalue weighted by Gasteiger charge is 2.18. The van der Waals surface area contributed by atoms with Gasteiger partial charge in [-0.2, -0.15) is 15.3 Å². The van der Waals surface area contributed by atoms with Crippen molar-refractivity contribution in [3.05, 3.63) is 47.8 Å². The van der Waals surface area contributed by atoms with Crippen LogP contribution in [-0.4, -0.2) is 40.1 Å². The maximum atomic E-state index is 12.7. The molecule has 4 heterocycles. The molecule has 0 aromatic carbocycles. The molecule has 0 radical (unpaired) electrons. The van der Waals surface area contributed by atoms with Crippen LogP contribution in [0.4, 0.5) is 5.69 Å². The van der Waals surface area contributed by atoms with Gasteiger partial charge in [0.15, 0.2) is 11.3 Å². The largest absolute Gasteiger partial charge is 0.318 e. The highest BCUT2D eigenvalue weighted by molar-refractivity contribution is 6.03. The first-order chi connectivity index (χ1) is 13.5. The van der Waals surface area contributed by atoms with Gasteiger partial charge in [-0.3, -0.25) is 14.2 Å². The third-order valence-electron chi connectivity index (χ3n) is 4.92. The Morgan fingerprint density at radius 3 is 2.46 bits per heavy atom. The molecule has 0 fully saturated rings. The van der Waals surface area contributed by atoms with Gasteiger partial charge in [0, 0.05) is 36.6 Å². The minimum absolute atomic E-state index is 0.295. The number of carbonyl (C=O) groups is 1. The zero-order valence-electron chi connectivity index (χ0n) is 16.3. The molecule has 144 valence electrons. The fourth-order valence-electron chi connectivity index (χ4n) is 3.30. The van der Waals surface area contributed by atoms with E-state index in [1.165, 1.54) is 0 Å². The first-order valence-corrected chi connectivity index (χ1v) is 9.24. The monoisotopic (exact) mass is 378 g/mol. The van der Waals surface area contributed by atoms with Crippen molar-refractivity contribution >= 4 is 17.2 Å². The lowest BCUT2D eigenvalue weighted by Gasteiger charge is -2.05. The standard InChI is InChI=1S/C19H22N8O/c1-5-25-12(3)14(10-21-25)17-7-8-20-18-9-15(24-27(17)18)19(28)23-16-11-22-26(6-2)13(16)4/h7-11H,5-6H2,1-4H3,(H,23,28). The Kier molecular flexibility index (Phi) is 4.42. The van der Waals surface area contributed by atoms with Crippen LogP contribution in [0.2, 0.25) is 0 Å². The van der Waals surface area contributed by atoms with E-state index >= 15 is 0 Å². The first-order valence-electron chi connectivity index (χ1n) is 9.24. The summed E-state index contributed by atoms with van der Waals surface area (Å²) in [5, 5.41) is 16.0. The van der Waals surface area contributed by atoms with Crippen molar-refractivity contribution in [3.63, 3.8) is 0 Å². The van der Waals surface area contributed by atoms with Crippen molar-refractivity contribution < 1.29 is 4.79 Å². The van der Waals surface area contributed by atoms with Crippen LogP contribution in [0.1, 0.15) is 35.7 Å². The number of amides is 1. The number of nitrogens with one attached hydrogen (secondary N) is 1. The van der Waals surface area contributed by atoms with E-state index in [9.17, 15) is 4.79 Å². The average molecular weight is 378 g/mol.